The zero-order chi connectivity index (χ0) is 17.5. The monoisotopic (exact) mass is 337 g/mol. The highest BCUT2D eigenvalue weighted by Crippen LogP contribution is 2.20. The van der Waals surface area contributed by atoms with E-state index in [1.54, 1.807) is 7.11 Å². The number of ether oxygens (including phenoxy) is 2. The summed E-state index contributed by atoms with van der Waals surface area (Å²) in [4.78, 5) is 27.9. The molecule has 2 heterocycles. The Balaban J connectivity index is 1.66. The van der Waals surface area contributed by atoms with Gasteiger partial charge in [-0.15, -0.1) is 0 Å². The smallest absolute Gasteiger partial charge is 0.277 e. The highest BCUT2D eigenvalue weighted by atomic mass is 16.5. The quantitative estimate of drug-likeness (QED) is 0.735. The van der Waals surface area contributed by atoms with E-state index < -0.39 is 5.91 Å². The fraction of sp³-hybridized carbons (Fsp3) is 0.118. The number of aromatic nitrogens is 4. The van der Waals surface area contributed by atoms with Gasteiger partial charge in [0.25, 0.3) is 5.91 Å². The fourth-order valence-electron chi connectivity index (χ4n) is 2.06. The Morgan fingerprint density at radius 3 is 2.84 bits per heavy atom. The molecular formula is C17H15N5O3. The first-order valence-corrected chi connectivity index (χ1v) is 7.40. The fourth-order valence-corrected chi connectivity index (χ4v) is 2.06. The van der Waals surface area contributed by atoms with E-state index in [2.05, 4.69) is 25.3 Å². The van der Waals surface area contributed by atoms with Crippen LogP contribution in [-0.2, 0) is 6.61 Å². The van der Waals surface area contributed by atoms with Crippen molar-refractivity contribution in [3.8, 4) is 11.6 Å². The zero-order valence-corrected chi connectivity index (χ0v) is 13.4. The molecule has 1 amide bonds. The number of rotatable bonds is 6. The van der Waals surface area contributed by atoms with Gasteiger partial charge in [-0.25, -0.2) is 15.0 Å². The van der Waals surface area contributed by atoms with Gasteiger partial charge in [0, 0.05) is 24.0 Å². The number of nitrogens with one attached hydrogen (secondary N) is 1. The average molecular weight is 337 g/mol. The summed E-state index contributed by atoms with van der Waals surface area (Å²) < 4.78 is 10.9. The molecule has 0 spiro atoms. The molecule has 0 aliphatic heterocycles. The van der Waals surface area contributed by atoms with Gasteiger partial charge in [-0.3, -0.25) is 9.78 Å². The molecule has 8 heteroatoms. The van der Waals surface area contributed by atoms with Crippen LogP contribution in [-0.4, -0.2) is 33.0 Å². The van der Waals surface area contributed by atoms with Gasteiger partial charge in [-0.05, 0) is 6.07 Å². The van der Waals surface area contributed by atoms with Gasteiger partial charge < -0.3 is 14.8 Å². The Bertz CT molecular complexity index is 858. The van der Waals surface area contributed by atoms with Crippen LogP contribution in [0, 0.1) is 0 Å². The molecule has 8 nitrogen and oxygen atoms in total. The lowest BCUT2D eigenvalue weighted by Gasteiger charge is -2.10. The molecule has 3 rings (SSSR count). The summed E-state index contributed by atoms with van der Waals surface area (Å²) in [6, 6.07) is 9.06. The van der Waals surface area contributed by atoms with Crippen molar-refractivity contribution in [3.63, 3.8) is 0 Å². The molecule has 3 aromatic rings. The van der Waals surface area contributed by atoms with Crippen molar-refractivity contribution in [1.82, 2.24) is 19.9 Å². The number of benzene rings is 1. The molecule has 0 aliphatic rings. The van der Waals surface area contributed by atoms with Gasteiger partial charge in [-0.2, -0.15) is 0 Å². The van der Waals surface area contributed by atoms with E-state index in [0.717, 1.165) is 11.3 Å². The third-order valence-corrected chi connectivity index (χ3v) is 3.25. The zero-order valence-electron chi connectivity index (χ0n) is 13.4. The Morgan fingerprint density at radius 1 is 1.16 bits per heavy atom. The summed E-state index contributed by atoms with van der Waals surface area (Å²) in [5.41, 5.74) is 1.08. The minimum Gasteiger partial charge on any atom is -0.496 e. The van der Waals surface area contributed by atoms with E-state index in [4.69, 9.17) is 9.47 Å². The number of hydrogen-bond donors (Lipinski definition) is 1. The van der Waals surface area contributed by atoms with Crippen LogP contribution in [0.25, 0.3) is 0 Å². The lowest BCUT2D eigenvalue weighted by atomic mass is 10.2. The maximum Gasteiger partial charge on any atom is 0.277 e. The third kappa shape index (κ3) is 4.25. The summed E-state index contributed by atoms with van der Waals surface area (Å²) in [6.07, 6.45) is 5.61. The maximum absolute atomic E-state index is 12.1. The van der Waals surface area contributed by atoms with Gasteiger partial charge in [0.2, 0.25) is 5.88 Å². The SMILES string of the molecule is COc1ccccc1COc1cc(NC(=O)c2cnccn2)ncn1. The van der Waals surface area contributed by atoms with Crippen molar-refractivity contribution in [3.05, 3.63) is 66.5 Å². The summed E-state index contributed by atoms with van der Waals surface area (Å²) in [5.74, 6) is 0.950. The van der Waals surface area contributed by atoms with Crippen molar-refractivity contribution >= 4 is 11.7 Å². The molecule has 1 N–H and O–H groups in total. The van der Waals surface area contributed by atoms with Gasteiger partial charge in [0.1, 0.15) is 30.2 Å². The van der Waals surface area contributed by atoms with E-state index in [1.165, 1.54) is 31.0 Å². The van der Waals surface area contributed by atoms with E-state index in [1.807, 2.05) is 24.3 Å². The van der Waals surface area contributed by atoms with Crippen LogP contribution < -0.4 is 14.8 Å². The average Bonchev–Trinajstić information content (AvgIpc) is 2.67. The van der Waals surface area contributed by atoms with E-state index in [9.17, 15) is 4.79 Å². The number of carbonyl (C=O) groups is 1. The van der Waals surface area contributed by atoms with Crippen LogP contribution in [0.5, 0.6) is 11.6 Å². The number of carbonyl (C=O) groups excluding carboxylic acids is 1. The minimum atomic E-state index is -0.414. The van der Waals surface area contributed by atoms with E-state index in [0.29, 0.717) is 11.7 Å². The molecule has 0 fully saturated rings. The summed E-state index contributed by atoms with van der Waals surface area (Å²) in [6.45, 7) is 0.276. The van der Waals surface area contributed by atoms with Crippen molar-refractivity contribution in [1.29, 1.82) is 0 Å². The number of amides is 1. The van der Waals surface area contributed by atoms with Gasteiger partial charge >= 0.3 is 0 Å². The first-order chi connectivity index (χ1) is 12.3. The topological polar surface area (TPSA) is 99.1 Å². The number of hydrogen-bond acceptors (Lipinski definition) is 7. The van der Waals surface area contributed by atoms with Crippen molar-refractivity contribution in [2.75, 3.05) is 12.4 Å². The second kappa shape index (κ2) is 7.82. The maximum atomic E-state index is 12.1. The van der Waals surface area contributed by atoms with Crippen LogP contribution in [0.1, 0.15) is 16.1 Å². The normalized spacial score (nSPS) is 10.1. The number of para-hydroxylation sites is 1. The summed E-state index contributed by atoms with van der Waals surface area (Å²) in [7, 11) is 1.60. The third-order valence-electron chi connectivity index (χ3n) is 3.25. The van der Waals surface area contributed by atoms with E-state index >= 15 is 0 Å². The van der Waals surface area contributed by atoms with Crippen LogP contribution >= 0.6 is 0 Å². The number of nitrogens with zero attached hydrogens (tertiary/aromatic N) is 4. The second-order valence-corrected chi connectivity index (χ2v) is 4.89. The van der Waals surface area contributed by atoms with E-state index in [-0.39, 0.29) is 12.3 Å². The molecule has 0 atom stereocenters. The molecule has 126 valence electrons. The lowest BCUT2D eigenvalue weighted by Crippen LogP contribution is -2.15. The molecule has 0 unspecified atom stereocenters. The van der Waals surface area contributed by atoms with Crippen LogP contribution in [0.2, 0.25) is 0 Å². The molecule has 0 radical (unpaired) electrons. The highest BCUT2D eigenvalue weighted by Gasteiger charge is 2.10. The van der Waals surface area contributed by atoms with Crippen LogP contribution in [0.4, 0.5) is 5.82 Å². The van der Waals surface area contributed by atoms with Crippen LogP contribution in [0.15, 0.2) is 55.2 Å². The number of methoxy groups -OCH3 is 1. The molecule has 2 aromatic heterocycles. The Labute approximate surface area is 143 Å². The van der Waals surface area contributed by atoms with Crippen molar-refractivity contribution in [2.24, 2.45) is 0 Å². The molecular weight excluding hydrogens is 322 g/mol. The van der Waals surface area contributed by atoms with Crippen molar-refractivity contribution in [2.45, 2.75) is 6.61 Å². The Morgan fingerprint density at radius 2 is 2.04 bits per heavy atom. The summed E-state index contributed by atoms with van der Waals surface area (Å²) >= 11 is 0. The molecule has 0 saturated heterocycles. The predicted molar refractivity (Wildman–Crippen MR) is 89.3 cm³/mol. The number of anilines is 1. The molecule has 0 aliphatic carbocycles. The lowest BCUT2D eigenvalue weighted by molar-refractivity contribution is 0.102. The van der Waals surface area contributed by atoms with Crippen molar-refractivity contribution < 1.29 is 14.3 Å². The Kier molecular flexibility index (Phi) is 5.10. The molecule has 0 bridgehead atoms. The van der Waals surface area contributed by atoms with Gasteiger partial charge in [-0.1, -0.05) is 18.2 Å². The summed E-state index contributed by atoms with van der Waals surface area (Å²) in [5, 5.41) is 2.62. The first kappa shape index (κ1) is 16.3. The largest absolute Gasteiger partial charge is 0.496 e. The van der Waals surface area contributed by atoms with Crippen LogP contribution in [0.3, 0.4) is 0 Å². The standard InChI is InChI=1S/C17H15N5O3/c1-24-14-5-3-2-4-12(14)10-25-16-8-15(20-11-21-16)22-17(23)13-9-18-6-7-19-13/h2-9,11H,10H2,1H3,(H,20,21,22,23). The van der Waals surface area contributed by atoms with Gasteiger partial charge in [0.15, 0.2) is 0 Å². The first-order valence-electron chi connectivity index (χ1n) is 7.40. The molecule has 0 saturated carbocycles. The molecule has 1 aromatic carbocycles. The minimum absolute atomic E-state index is 0.192. The molecule has 25 heavy (non-hydrogen) atoms. The predicted octanol–water partition coefficient (Wildman–Crippen LogP) is 2.11. The second-order valence-electron chi connectivity index (χ2n) is 4.89. The Hall–Kier alpha value is -3.55. The van der Waals surface area contributed by atoms with Gasteiger partial charge in [0.05, 0.1) is 13.3 Å². The highest BCUT2D eigenvalue weighted by molar-refractivity contribution is 6.02.